The van der Waals surface area contributed by atoms with Crippen LogP contribution in [0.1, 0.15) is 56.4 Å². The molecule has 0 bridgehead atoms. The van der Waals surface area contributed by atoms with E-state index in [9.17, 15) is 4.79 Å². The lowest BCUT2D eigenvalue weighted by Crippen LogP contribution is -2.49. The van der Waals surface area contributed by atoms with Crippen LogP contribution in [0.2, 0.25) is 0 Å². The number of hydrogen-bond donors (Lipinski definition) is 2. The van der Waals surface area contributed by atoms with Crippen molar-refractivity contribution in [1.82, 2.24) is 15.5 Å². The Morgan fingerprint density at radius 3 is 2.64 bits per heavy atom. The summed E-state index contributed by atoms with van der Waals surface area (Å²) in [6.07, 6.45) is 7.69. The van der Waals surface area contributed by atoms with Gasteiger partial charge >= 0.3 is 6.03 Å². The average molecular weight is 321 g/mol. The highest BCUT2D eigenvalue weighted by atomic mass is 32.1. The van der Waals surface area contributed by atoms with Crippen LogP contribution >= 0.6 is 11.3 Å². The fourth-order valence-corrected chi connectivity index (χ4v) is 4.45. The summed E-state index contributed by atoms with van der Waals surface area (Å²) in [5, 5.41) is 8.24. The molecule has 2 aliphatic rings. The van der Waals surface area contributed by atoms with Crippen molar-refractivity contribution in [1.29, 1.82) is 0 Å². The van der Waals surface area contributed by atoms with E-state index < -0.39 is 0 Å². The third kappa shape index (κ3) is 4.02. The van der Waals surface area contributed by atoms with Crippen LogP contribution in [0.25, 0.3) is 0 Å². The number of rotatable bonds is 4. The van der Waals surface area contributed by atoms with Crippen LogP contribution in [-0.2, 0) is 0 Å². The van der Waals surface area contributed by atoms with Gasteiger partial charge in [0.2, 0.25) is 0 Å². The summed E-state index contributed by atoms with van der Waals surface area (Å²) in [5.74, 6) is 0. The van der Waals surface area contributed by atoms with Gasteiger partial charge in [-0.25, -0.2) is 4.79 Å². The lowest BCUT2D eigenvalue weighted by molar-refractivity contribution is 0.145. The molecule has 22 heavy (non-hydrogen) atoms. The van der Waals surface area contributed by atoms with Crippen molar-refractivity contribution in [2.75, 3.05) is 13.1 Å². The Morgan fingerprint density at radius 2 is 2.00 bits per heavy atom. The van der Waals surface area contributed by atoms with Gasteiger partial charge in [0.15, 0.2) is 0 Å². The van der Waals surface area contributed by atoms with Crippen LogP contribution in [0.4, 0.5) is 4.79 Å². The predicted octanol–water partition coefficient (Wildman–Crippen LogP) is 3.52. The summed E-state index contributed by atoms with van der Waals surface area (Å²) in [6.45, 7) is 4.31. The molecule has 1 aliphatic carbocycles. The normalized spacial score (nSPS) is 22.6. The average Bonchev–Trinajstić information content (AvgIpc) is 3.21. The van der Waals surface area contributed by atoms with Crippen LogP contribution in [0.3, 0.4) is 0 Å². The van der Waals surface area contributed by atoms with Gasteiger partial charge in [-0.1, -0.05) is 18.9 Å². The minimum absolute atomic E-state index is 0.0276. The van der Waals surface area contributed by atoms with Crippen molar-refractivity contribution in [2.24, 2.45) is 0 Å². The van der Waals surface area contributed by atoms with E-state index in [0.717, 1.165) is 32.0 Å². The monoisotopic (exact) mass is 321 g/mol. The SMILES string of the molecule is CC(NC(=O)NC1CCN(C2CCCC2)CC1)c1cccs1. The highest BCUT2D eigenvalue weighted by molar-refractivity contribution is 7.10. The summed E-state index contributed by atoms with van der Waals surface area (Å²) in [6, 6.07) is 5.28. The maximum Gasteiger partial charge on any atom is 0.315 e. The van der Waals surface area contributed by atoms with E-state index >= 15 is 0 Å². The summed E-state index contributed by atoms with van der Waals surface area (Å²) in [5.41, 5.74) is 0. The molecule has 2 heterocycles. The fraction of sp³-hybridized carbons (Fsp3) is 0.706. The fourth-order valence-electron chi connectivity index (χ4n) is 3.71. The molecule has 1 unspecified atom stereocenters. The third-order valence-electron chi connectivity index (χ3n) is 5.02. The molecule has 4 nitrogen and oxygen atoms in total. The molecular formula is C17H27N3OS. The molecule has 1 aromatic rings. The van der Waals surface area contributed by atoms with Gasteiger partial charge in [-0.05, 0) is 44.1 Å². The molecule has 1 saturated carbocycles. The molecular weight excluding hydrogens is 294 g/mol. The number of carbonyl (C=O) groups is 1. The second-order valence-corrected chi connectivity index (χ2v) is 7.58. The number of urea groups is 1. The van der Waals surface area contributed by atoms with Gasteiger partial charge in [0.05, 0.1) is 6.04 Å². The lowest BCUT2D eigenvalue weighted by Gasteiger charge is -2.36. The number of hydrogen-bond acceptors (Lipinski definition) is 3. The zero-order chi connectivity index (χ0) is 15.4. The van der Waals surface area contributed by atoms with Gasteiger partial charge in [-0.2, -0.15) is 0 Å². The van der Waals surface area contributed by atoms with E-state index in [1.807, 2.05) is 18.4 Å². The summed E-state index contributed by atoms with van der Waals surface area (Å²) >= 11 is 1.68. The zero-order valence-corrected chi connectivity index (χ0v) is 14.2. The first-order chi connectivity index (χ1) is 10.7. The summed E-state index contributed by atoms with van der Waals surface area (Å²) in [7, 11) is 0. The van der Waals surface area contributed by atoms with E-state index in [0.29, 0.717) is 6.04 Å². The van der Waals surface area contributed by atoms with Gasteiger partial charge in [0.1, 0.15) is 0 Å². The third-order valence-corrected chi connectivity index (χ3v) is 6.08. The first kappa shape index (κ1) is 15.8. The quantitative estimate of drug-likeness (QED) is 0.891. The van der Waals surface area contributed by atoms with Gasteiger partial charge in [0.25, 0.3) is 0 Å². The number of thiophene rings is 1. The van der Waals surface area contributed by atoms with E-state index in [-0.39, 0.29) is 12.1 Å². The molecule has 2 fully saturated rings. The van der Waals surface area contributed by atoms with Crippen molar-refractivity contribution in [3.8, 4) is 0 Å². The molecule has 2 N–H and O–H groups in total. The topological polar surface area (TPSA) is 44.4 Å². The van der Waals surface area contributed by atoms with Gasteiger partial charge in [-0.15, -0.1) is 11.3 Å². The van der Waals surface area contributed by atoms with Crippen LogP contribution in [0.5, 0.6) is 0 Å². The van der Waals surface area contributed by atoms with Gasteiger partial charge in [0, 0.05) is 30.1 Å². The molecule has 0 spiro atoms. The molecule has 1 aromatic heterocycles. The Hall–Kier alpha value is -1.07. The minimum atomic E-state index is -0.0276. The van der Waals surface area contributed by atoms with E-state index in [1.54, 1.807) is 11.3 Å². The van der Waals surface area contributed by atoms with E-state index in [4.69, 9.17) is 0 Å². The van der Waals surface area contributed by atoms with Crippen molar-refractivity contribution >= 4 is 17.4 Å². The van der Waals surface area contributed by atoms with Crippen molar-refractivity contribution in [2.45, 2.75) is 63.6 Å². The molecule has 0 radical (unpaired) electrons. The minimum Gasteiger partial charge on any atom is -0.335 e. The zero-order valence-electron chi connectivity index (χ0n) is 13.4. The molecule has 3 rings (SSSR count). The number of nitrogens with one attached hydrogen (secondary N) is 2. The Morgan fingerprint density at radius 1 is 1.27 bits per heavy atom. The second-order valence-electron chi connectivity index (χ2n) is 6.60. The molecule has 2 amide bonds. The lowest BCUT2D eigenvalue weighted by atomic mass is 10.0. The first-order valence-corrected chi connectivity index (χ1v) is 9.45. The summed E-state index contributed by atoms with van der Waals surface area (Å²) in [4.78, 5) is 16.0. The predicted molar refractivity (Wildman–Crippen MR) is 91.3 cm³/mol. The van der Waals surface area contributed by atoms with Gasteiger partial charge in [-0.3, -0.25) is 0 Å². The highest BCUT2D eigenvalue weighted by Crippen LogP contribution is 2.26. The van der Waals surface area contributed by atoms with E-state index in [2.05, 4.69) is 21.6 Å². The van der Waals surface area contributed by atoms with Gasteiger partial charge < -0.3 is 15.5 Å². The van der Waals surface area contributed by atoms with Crippen LogP contribution in [0, 0.1) is 0 Å². The highest BCUT2D eigenvalue weighted by Gasteiger charge is 2.27. The Kier molecular flexibility index (Phi) is 5.37. The summed E-state index contributed by atoms with van der Waals surface area (Å²) < 4.78 is 0. The van der Waals surface area contributed by atoms with E-state index in [1.165, 1.54) is 30.6 Å². The van der Waals surface area contributed by atoms with Crippen molar-refractivity contribution in [3.63, 3.8) is 0 Å². The number of likely N-dealkylation sites (tertiary alicyclic amines) is 1. The van der Waals surface area contributed by atoms with Crippen LogP contribution < -0.4 is 10.6 Å². The number of carbonyl (C=O) groups excluding carboxylic acids is 1. The maximum absolute atomic E-state index is 12.1. The number of nitrogens with zero attached hydrogens (tertiary/aromatic N) is 1. The number of amides is 2. The first-order valence-electron chi connectivity index (χ1n) is 8.57. The molecule has 0 aromatic carbocycles. The number of piperidine rings is 1. The molecule has 122 valence electrons. The van der Waals surface area contributed by atoms with Crippen LogP contribution in [-0.4, -0.2) is 36.1 Å². The van der Waals surface area contributed by atoms with Crippen molar-refractivity contribution < 1.29 is 4.79 Å². The Balaban J connectivity index is 1.39. The smallest absolute Gasteiger partial charge is 0.315 e. The molecule has 1 saturated heterocycles. The van der Waals surface area contributed by atoms with Crippen LogP contribution in [0.15, 0.2) is 17.5 Å². The van der Waals surface area contributed by atoms with Crippen molar-refractivity contribution in [3.05, 3.63) is 22.4 Å². The Labute approximate surface area is 137 Å². The molecule has 5 heteroatoms. The maximum atomic E-state index is 12.1. The standard InChI is InChI=1S/C17H27N3OS/c1-13(16-7-4-12-22-16)18-17(21)19-14-8-10-20(11-9-14)15-5-2-3-6-15/h4,7,12-15H,2-3,5-6,8-11H2,1H3,(H2,18,19,21). The molecule has 1 atom stereocenters. The second kappa shape index (κ2) is 7.47. The largest absolute Gasteiger partial charge is 0.335 e. The Bertz CT molecular complexity index is 462. The molecule has 1 aliphatic heterocycles.